The fraction of sp³-hybridized carbons (Fsp3) is 0.333. The number of hydrogen-bond donors (Lipinski definition) is 1. The van der Waals surface area contributed by atoms with E-state index in [0.717, 1.165) is 0 Å². The van der Waals surface area contributed by atoms with Crippen LogP contribution in [-0.4, -0.2) is 54.3 Å². The molecule has 3 rings (SSSR count). The number of piperazine rings is 1. The normalized spacial score (nSPS) is 14.7. The third-order valence-corrected chi connectivity index (χ3v) is 4.77. The molecule has 2 amide bonds. The van der Waals surface area contributed by atoms with Crippen LogP contribution in [0.1, 0.15) is 12.0 Å². The van der Waals surface area contributed by atoms with E-state index in [2.05, 4.69) is 5.32 Å². The molecule has 0 spiro atoms. The smallest absolute Gasteiger partial charge is 0.238 e. The Hall–Kier alpha value is -2.80. The van der Waals surface area contributed by atoms with E-state index < -0.39 is 5.82 Å². The molecule has 5 nitrogen and oxygen atoms in total. The maximum atomic E-state index is 13.6. The molecule has 0 aromatic heterocycles. The van der Waals surface area contributed by atoms with Crippen molar-refractivity contribution in [2.45, 2.75) is 12.8 Å². The number of hydrogen-bond acceptors (Lipinski definition) is 3. The zero-order chi connectivity index (χ0) is 19.9. The lowest BCUT2D eigenvalue weighted by Gasteiger charge is -2.34. The summed E-state index contributed by atoms with van der Waals surface area (Å²) in [6, 6.07) is 12.2. The number of carbonyl (C=O) groups is 2. The Morgan fingerprint density at radius 1 is 0.964 bits per heavy atom. The van der Waals surface area contributed by atoms with E-state index in [1.807, 2.05) is 4.90 Å². The zero-order valence-corrected chi connectivity index (χ0v) is 15.5. The fourth-order valence-electron chi connectivity index (χ4n) is 3.23. The summed E-state index contributed by atoms with van der Waals surface area (Å²) in [5.74, 6) is -0.915. The first kappa shape index (κ1) is 19.9. The molecule has 0 atom stereocenters. The molecule has 0 aliphatic carbocycles. The Labute approximate surface area is 162 Å². The first-order valence-corrected chi connectivity index (χ1v) is 9.30. The topological polar surface area (TPSA) is 52.7 Å². The summed E-state index contributed by atoms with van der Waals surface area (Å²) in [5, 5.41) is 2.67. The van der Waals surface area contributed by atoms with Crippen LogP contribution < -0.4 is 5.32 Å². The second-order valence-electron chi connectivity index (χ2n) is 6.81. The van der Waals surface area contributed by atoms with Crippen molar-refractivity contribution in [3.63, 3.8) is 0 Å². The number of nitrogens with one attached hydrogen (secondary N) is 1. The van der Waals surface area contributed by atoms with Gasteiger partial charge in [0, 0.05) is 38.3 Å². The molecule has 2 aromatic rings. The number of anilines is 1. The summed E-state index contributed by atoms with van der Waals surface area (Å²) in [6.07, 6.45) is 0.642. The van der Waals surface area contributed by atoms with Crippen LogP contribution in [0, 0.1) is 11.6 Å². The highest BCUT2D eigenvalue weighted by atomic mass is 19.1. The highest BCUT2D eigenvalue weighted by Gasteiger charge is 2.22. The van der Waals surface area contributed by atoms with Crippen LogP contribution in [0.25, 0.3) is 0 Å². The van der Waals surface area contributed by atoms with Gasteiger partial charge in [0.2, 0.25) is 11.8 Å². The fourth-order valence-corrected chi connectivity index (χ4v) is 3.23. The molecule has 1 aliphatic rings. The van der Waals surface area contributed by atoms with Gasteiger partial charge in [0.05, 0.1) is 6.54 Å². The van der Waals surface area contributed by atoms with Gasteiger partial charge < -0.3 is 10.2 Å². The van der Waals surface area contributed by atoms with Crippen LogP contribution in [0.2, 0.25) is 0 Å². The van der Waals surface area contributed by atoms with Gasteiger partial charge in [-0.25, -0.2) is 8.78 Å². The van der Waals surface area contributed by atoms with E-state index in [4.69, 9.17) is 0 Å². The van der Waals surface area contributed by atoms with Gasteiger partial charge in [-0.1, -0.05) is 24.3 Å². The minimum absolute atomic E-state index is 0.00730. The van der Waals surface area contributed by atoms with E-state index in [-0.39, 0.29) is 30.6 Å². The third kappa shape index (κ3) is 5.60. The Morgan fingerprint density at radius 3 is 2.43 bits per heavy atom. The van der Waals surface area contributed by atoms with E-state index >= 15 is 0 Å². The lowest BCUT2D eigenvalue weighted by atomic mass is 10.1. The average Bonchev–Trinajstić information content (AvgIpc) is 2.67. The van der Waals surface area contributed by atoms with Crippen molar-refractivity contribution >= 4 is 17.5 Å². The minimum Gasteiger partial charge on any atom is -0.340 e. The Bertz CT molecular complexity index is 836. The number of benzene rings is 2. The van der Waals surface area contributed by atoms with Crippen molar-refractivity contribution in [3.8, 4) is 0 Å². The number of nitrogens with zero attached hydrogens (tertiary/aromatic N) is 2. The van der Waals surface area contributed by atoms with Crippen LogP contribution in [0.5, 0.6) is 0 Å². The predicted molar refractivity (Wildman–Crippen MR) is 103 cm³/mol. The molecular formula is C21H23F2N3O2. The van der Waals surface area contributed by atoms with E-state index in [9.17, 15) is 18.4 Å². The molecule has 7 heteroatoms. The summed E-state index contributed by atoms with van der Waals surface area (Å²) in [4.78, 5) is 28.2. The van der Waals surface area contributed by atoms with E-state index in [1.165, 1.54) is 24.3 Å². The molecule has 148 valence electrons. The molecule has 2 aromatic carbocycles. The third-order valence-electron chi connectivity index (χ3n) is 4.77. The van der Waals surface area contributed by atoms with Crippen molar-refractivity contribution in [1.82, 2.24) is 9.80 Å². The molecule has 1 saturated heterocycles. The molecule has 1 fully saturated rings. The highest BCUT2D eigenvalue weighted by molar-refractivity contribution is 5.92. The van der Waals surface area contributed by atoms with Crippen LogP contribution in [0.15, 0.2) is 48.5 Å². The Balaban J connectivity index is 1.40. The Kier molecular flexibility index (Phi) is 6.71. The van der Waals surface area contributed by atoms with E-state index in [1.54, 1.807) is 29.2 Å². The van der Waals surface area contributed by atoms with Crippen molar-refractivity contribution in [2.75, 3.05) is 38.0 Å². The Morgan fingerprint density at radius 2 is 1.71 bits per heavy atom. The number of rotatable bonds is 6. The molecule has 0 saturated carbocycles. The summed E-state index contributed by atoms with van der Waals surface area (Å²) >= 11 is 0. The summed E-state index contributed by atoms with van der Waals surface area (Å²) < 4.78 is 26.8. The molecule has 1 heterocycles. The van der Waals surface area contributed by atoms with Gasteiger partial charge in [-0.2, -0.15) is 0 Å². The van der Waals surface area contributed by atoms with Gasteiger partial charge in [-0.3, -0.25) is 14.5 Å². The van der Waals surface area contributed by atoms with Crippen LogP contribution in [0.4, 0.5) is 14.5 Å². The predicted octanol–water partition coefficient (Wildman–Crippen LogP) is 2.68. The van der Waals surface area contributed by atoms with Gasteiger partial charge >= 0.3 is 0 Å². The second-order valence-corrected chi connectivity index (χ2v) is 6.81. The number of aryl methyl sites for hydroxylation is 1. The van der Waals surface area contributed by atoms with Crippen molar-refractivity contribution in [3.05, 3.63) is 65.7 Å². The van der Waals surface area contributed by atoms with Gasteiger partial charge in [0.25, 0.3) is 0 Å². The monoisotopic (exact) mass is 387 g/mol. The maximum Gasteiger partial charge on any atom is 0.238 e. The first-order valence-electron chi connectivity index (χ1n) is 9.30. The molecule has 0 bridgehead atoms. The maximum absolute atomic E-state index is 13.6. The van der Waals surface area contributed by atoms with Crippen molar-refractivity contribution in [1.29, 1.82) is 0 Å². The molecule has 1 N–H and O–H groups in total. The van der Waals surface area contributed by atoms with Gasteiger partial charge in [-0.15, -0.1) is 0 Å². The van der Waals surface area contributed by atoms with Gasteiger partial charge in [0.15, 0.2) is 0 Å². The number of carbonyl (C=O) groups excluding carboxylic acids is 2. The van der Waals surface area contributed by atoms with Crippen LogP contribution >= 0.6 is 0 Å². The largest absolute Gasteiger partial charge is 0.340 e. The van der Waals surface area contributed by atoms with Crippen LogP contribution in [-0.2, 0) is 16.0 Å². The van der Waals surface area contributed by atoms with E-state index in [0.29, 0.717) is 43.9 Å². The summed E-state index contributed by atoms with van der Waals surface area (Å²) in [5.41, 5.74) is 0.968. The SMILES string of the molecule is O=C(CN1CCN(C(=O)CCc2ccccc2F)CC1)Nc1cccc(F)c1. The molecule has 1 aliphatic heterocycles. The average molecular weight is 387 g/mol. The first-order chi connectivity index (χ1) is 13.5. The van der Waals surface area contributed by atoms with Crippen molar-refractivity contribution in [2.24, 2.45) is 0 Å². The quantitative estimate of drug-likeness (QED) is 0.829. The molecule has 0 radical (unpaired) electrons. The number of amides is 2. The molecule has 0 unspecified atom stereocenters. The lowest BCUT2D eigenvalue weighted by molar-refractivity contribution is -0.133. The van der Waals surface area contributed by atoms with Gasteiger partial charge in [-0.05, 0) is 36.2 Å². The molecular weight excluding hydrogens is 364 g/mol. The standard InChI is InChI=1S/C21H23F2N3O2/c22-17-5-3-6-18(14-17)24-20(27)15-25-10-12-26(13-11-25)21(28)9-8-16-4-1-2-7-19(16)23/h1-7,14H,8-13,15H2,(H,24,27). The van der Waals surface area contributed by atoms with Crippen molar-refractivity contribution < 1.29 is 18.4 Å². The number of halogens is 2. The minimum atomic E-state index is -0.402. The zero-order valence-electron chi connectivity index (χ0n) is 15.5. The summed E-state index contributed by atoms with van der Waals surface area (Å²) in [7, 11) is 0. The summed E-state index contributed by atoms with van der Waals surface area (Å²) in [6.45, 7) is 2.42. The molecule has 28 heavy (non-hydrogen) atoms. The highest BCUT2D eigenvalue weighted by Crippen LogP contribution is 2.12. The lowest BCUT2D eigenvalue weighted by Crippen LogP contribution is -2.50. The van der Waals surface area contributed by atoms with Crippen LogP contribution in [0.3, 0.4) is 0 Å². The second kappa shape index (κ2) is 9.41. The van der Waals surface area contributed by atoms with Gasteiger partial charge in [0.1, 0.15) is 11.6 Å².